The van der Waals surface area contributed by atoms with Gasteiger partial charge in [0.05, 0.1) is 18.6 Å². The lowest BCUT2D eigenvalue weighted by atomic mass is 10.1. The maximum absolute atomic E-state index is 14.2. The van der Waals surface area contributed by atoms with Crippen LogP contribution in [-0.2, 0) is 17.9 Å². The second-order valence-corrected chi connectivity index (χ2v) is 9.62. The minimum atomic E-state index is -0.593. The molecule has 0 radical (unpaired) electrons. The van der Waals surface area contributed by atoms with E-state index in [1.807, 2.05) is 0 Å². The number of hydrogen-bond donors (Lipinski definition) is 0. The molecule has 3 aromatic carbocycles. The van der Waals surface area contributed by atoms with Gasteiger partial charge >= 0.3 is 0 Å². The fourth-order valence-corrected chi connectivity index (χ4v) is 4.88. The molecule has 0 atom stereocenters. The predicted octanol–water partition coefficient (Wildman–Crippen LogP) is 7.61. The van der Waals surface area contributed by atoms with Crippen molar-refractivity contribution >= 4 is 63.8 Å². The average molecular weight is 553 g/mol. The van der Waals surface area contributed by atoms with E-state index in [9.17, 15) is 14.0 Å². The summed E-state index contributed by atoms with van der Waals surface area (Å²) in [6.07, 6.45) is 1.54. The van der Waals surface area contributed by atoms with Crippen LogP contribution in [0.1, 0.15) is 16.7 Å². The molecule has 180 valence electrons. The van der Waals surface area contributed by atoms with E-state index in [0.29, 0.717) is 32.7 Å². The minimum Gasteiger partial charge on any atom is -0.493 e. The van der Waals surface area contributed by atoms with Gasteiger partial charge in [0.1, 0.15) is 12.4 Å². The first kappa shape index (κ1) is 25.4. The number of hydrogen-bond acceptors (Lipinski definition) is 5. The zero-order valence-electron chi connectivity index (χ0n) is 18.2. The Bertz CT molecular complexity index is 1330. The molecule has 2 amide bonds. The van der Waals surface area contributed by atoms with Gasteiger partial charge in [-0.2, -0.15) is 0 Å². The number of amides is 2. The number of nitrogens with zero attached hydrogens (tertiary/aromatic N) is 1. The number of ether oxygens (including phenoxy) is 2. The third-order valence-corrected chi connectivity index (χ3v) is 7.00. The van der Waals surface area contributed by atoms with Gasteiger partial charge in [-0.05, 0) is 48.2 Å². The molecule has 5 nitrogen and oxygen atoms in total. The highest BCUT2D eigenvalue weighted by Gasteiger charge is 2.36. The lowest BCUT2D eigenvalue weighted by molar-refractivity contribution is -0.123. The van der Waals surface area contributed by atoms with Crippen LogP contribution in [0.2, 0.25) is 15.1 Å². The Morgan fingerprint density at radius 3 is 2.51 bits per heavy atom. The second kappa shape index (κ2) is 10.9. The topological polar surface area (TPSA) is 55.8 Å². The number of benzene rings is 3. The monoisotopic (exact) mass is 551 g/mol. The largest absolute Gasteiger partial charge is 0.493 e. The van der Waals surface area contributed by atoms with Gasteiger partial charge in [0, 0.05) is 31.8 Å². The van der Waals surface area contributed by atoms with Gasteiger partial charge < -0.3 is 9.47 Å². The molecule has 0 aliphatic carbocycles. The number of carbonyl (C=O) groups is 2. The Morgan fingerprint density at radius 2 is 1.80 bits per heavy atom. The maximum atomic E-state index is 14.2. The zero-order valence-corrected chi connectivity index (χ0v) is 21.3. The lowest BCUT2D eigenvalue weighted by Crippen LogP contribution is -2.28. The summed E-state index contributed by atoms with van der Waals surface area (Å²) in [5, 5.41) is 0.558. The Hall–Kier alpha value is -2.71. The fourth-order valence-electron chi connectivity index (χ4n) is 3.37. The average Bonchev–Trinajstić information content (AvgIpc) is 3.08. The number of rotatable bonds is 7. The third kappa shape index (κ3) is 5.59. The van der Waals surface area contributed by atoms with Crippen molar-refractivity contribution in [3.8, 4) is 11.5 Å². The molecule has 4 rings (SSSR count). The number of carbonyl (C=O) groups excluding carboxylic acids is 2. The molecule has 0 bridgehead atoms. The van der Waals surface area contributed by atoms with Gasteiger partial charge in [-0.25, -0.2) is 4.39 Å². The van der Waals surface area contributed by atoms with Crippen LogP contribution >= 0.6 is 46.6 Å². The molecule has 1 fully saturated rings. The molecule has 1 saturated heterocycles. The van der Waals surface area contributed by atoms with Crippen molar-refractivity contribution in [2.24, 2.45) is 0 Å². The molecular weight excluding hydrogens is 536 g/mol. The van der Waals surface area contributed by atoms with Crippen molar-refractivity contribution in [3.05, 3.63) is 97.1 Å². The zero-order chi connectivity index (χ0) is 25.1. The van der Waals surface area contributed by atoms with Crippen LogP contribution in [0, 0.1) is 5.82 Å². The molecule has 0 unspecified atom stereocenters. The summed E-state index contributed by atoms with van der Waals surface area (Å²) < 4.78 is 25.6. The van der Waals surface area contributed by atoms with E-state index in [0.717, 1.165) is 16.7 Å². The summed E-state index contributed by atoms with van der Waals surface area (Å²) in [5.74, 6) is -0.357. The standard InChI is InChI=1S/C25H17Cl3FNO4S/c1-33-21-7-2-4-14(23(21)34-13-15-8-9-16(26)11-19(15)28)10-22-24(31)30(25(32)35-22)12-17-18(27)5-3-6-20(17)29/h2-11H,12-13H2,1H3. The van der Waals surface area contributed by atoms with E-state index in [-0.39, 0.29) is 28.6 Å². The van der Waals surface area contributed by atoms with Gasteiger partial charge in [-0.1, -0.05) is 59.1 Å². The lowest BCUT2D eigenvalue weighted by Gasteiger charge is -2.15. The number of methoxy groups -OCH3 is 1. The van der Waals surface area contributed by atoms with Gasteiger partial charge in [-0.15, -0.1) is 0 Å². The number of halogens is 4. The Morgan fingerprint density at radius 1 is 1.03 bits per heavy atom. The van der Waals surface area contributed by atoms with Crippen LogP contribution in [0.15, 0.2) is 59.5 Å². The van der Waals surface area contributed by atoms with Crippen molar-refractivity contribution in [2.45, 2.75) is 13.2 Å². The van der Waals surface area contributed by atoms with E-state index in [1.165, 1.54) is 31.4 Å². The third-order valence-electron chi connectivity index (χ3n) is 5.15. The molecule has 10 heteroatoms. The SMILES string of the molecule is COc1cccc(C=C2SC(=O)N(Cc3c(F)cccc3Cl)C2=O)c1OCc1ccc(Cl)cc1Cl. The maximum Gasteiger partial charge on any atom is 0.293 e. The highest BCUT2D eigenvalue weighted by molar-refractivity contribution is 8.18. The minimum absolute atomic E-state index is 0.0722. The first-order valence-electron chi connectivity index (χ1n) is 10.2. The van der Waals surface area contributed by atoms with Gasteiger partial charge in [0.2, 0.25) is 0 Å². The second-order valence-electron chi connectivity index (χ2n) is 7.37. The van der Waals surface area contributed by atoms with Gasteiger partial charge in [0.25, 0.3) is 11.1 Å². The molecule has 0 N–H and O–H groups in total. The van der Waals surface area contributed by atoms with E-state index in [4.69, 9.17) is 44.3 Å². The van der Waals surface area contributed by atoms with E-state index < -0.39 is 17.0 Å². The Kier molecular flexibility index (Phi) is 7.91. The molecule has 0 aromatic heterocycles. The van der Waals surface area contributed by atoms with Crippen LogP contribution in [0.4, 0.5) is 9.18 Å². The molecule has 1 aliphatic heterocycles. The van der Waals surface area contributed by atoms with Gasteiger partial charge in [-0.3, -0.25) is 14.5 Å². The first-order chi connectivity index (χ1) is 16.8. The summed E-state index contributed by atoms with van der Waals surface area (Å²) in [4.78, 5) is 26.7. The summed E-state index contributed by atoms with van der Waals surface area (Å²) in [6, 6.07) is 14.4. The van der Waals surface area contributed by atoms with Crippen LogP contribution in [0.25, 0.3) is 6.08 Å². The molecule has 35 heavy (non-hydrogen) atoms. The number of imide groups is 1. The molecule has 3 aromatic rings. The number of thioether (sulfide) groups is 1. The Labute approximate surface area is 220 Å². The van der Waals surface area contributed by atoms with Crippen molar-refractivity contribution < 1.29 is 23.5 Å². The summed E-state index contributed by atoms with van der Waals surface area (Å²) in [7, 11) is 1.49. The summed E-state index contributed by atoms with van der Waals surface area (Å²) in [6.45, 7) is -0.158. The first-order valence-corrected chi connectivity index (χ1v) is 12.2. The van der Waals surface area contributed by atoms with E-state index in [2.05, 4.69) is 0 Å². The van der Waals surface area contributed by atoms with Crippen LogP contribution in [0.3, 0.4) is 0 Å². The highest BCUT2D eigenvalue weighted by atomic mass is 35.5. The fraction of sp³-hybridized carbons (Fsp3) is 0.120. The van der Waals surface area contributed by atoms with E-state index in [1.54, 1.807) is 36.4 Å². The molecular formula is C25H17Cl3FNO4S. The summed E-state index contributed by atoms with van der Waals surface area (Å²) in [5.41, 5.74) is 1.29. The van der Waals surface area contributed by atoms with E-state index >= 15 is 0 Å². The van der Waals surface area contributed by atoms with Crippen molar-refractivity contribution in [3.63, 3.8) is 0 Å². The molecule has 0 spiro atoms. The van der Waals surface area contributed by atoms with Crippen molar-refractivity contribution in [2.75, 3.05) is 7.11 Å². The molecule has 1 aliphatic rings. The van der Waals surface area contributed by atoms with Crippen LogP contribution in [0.5, 0.6) is 11.5 Å². The summed E-state index contributed by atoms with van der Waals surface area (Å²) >= 11 is 19.0. The van der Waals surface area contributed by atoms with Crippen LogP contribution < -0.4 is 9.47 Å². The number of para-hydroxylation sites is 1. The Balaban J connectivity index is 1.61. The highest BCUT2D eigenvalue weighted by Crippen LogP contribution is 2.39. The normalized spacial score (nSPS) is 14.7. The van der Waals surface area contributed by atoms with Crippen molar-refractivity contribution in [1.82, 2.24) is 4.90 Å². The molecule has 1 heterocycles. The predicted molar refractivity (Wildman–Crippen MR) is 137 cm³/mol. The van der Waals surface area contributed by atoms with Gasteiger partial charge in [0.15, 0.2) is 11.5 Å². The van der Waals surface area contributed by atoms with Crippen molar-refractivity contribution in [1.29, 1.82) is 0 Å². The smallest absolute Gasteiger partial charge is 0.293 e. The quantitative estimate of drug-likeness (QED) is 0.282. The van der Waals surface area contributed by atoms with Crippen LogP contribution in [-0.4, -0.2) is 23.2 Å². The molecule has 0 saturated carbocycles.